The highest BCUT2D eigenvalue weighted by Gasteiger charge is 2.45. The van der Waals surface area contributed by atoms with Gasteiger partial charge in [-0.1, -0.05) is 0 Å². The fourth-order valence-corrected chi connectivity index (χ4v) is 3.30. The third-order valence-corrected chi connectivity index (χ3v) is 4.47. The molecule has 0 amide bonds. The van der Waals surface area contributed by atoms with Crippen LogP contribution >= 0.6 is 0 Å². The Kier molecular flexibility index (Phi) is 4.11. The molecule has 0 spiro atoms. The number of carbonyl (C=O) groups excluding carboxylic acids is 2. The largest absolute Gasteiger partial charge is 0.497 e. The van der Waals surface area contributed by atoms with Crippen LogP contribution in [0.3, 0.4) is 0 Å². The van der Waals surface area contributed by atoms with Gasteiger partial charge in [0.15, 0.2) is 5.78 Å². The second-order valence-corrected chi connectivity index (χ2v) is 5.99. The number of benzene rings is 1. The molecule has 23 heavy (non-hydrogen) atoms. The minimum absolute atomic E-state index is 0.0384. The molecule has 1 aromatic rings. The zero-order valence-electron chi connectivity index (χ0n) is 13.4. The predicted molar refractivity (Wildman–Crippen MR) is 83.3 cm³/mol. The average molecular weight is 316 g/mol. The Labute approximate surface area is 135 Å². The molecular formula is C18H20O5. The maximum atomic E-state index is 12.1. The molecule has 1 heterocycles. The Bertz CT molecular complexity index is 676. The van der Waals surface area contributed by atoms with Gasteiger partial charge in [0.25, 0.3) is 0 Å². The van der Waals surface area contributed by atoms with E-state index in [0.29, 0.717) is 37.4 Å². The quantitative estimate of drug-likeness (QED) is 0.799. The van der Waals surface area contributed by atoms with E-state index in [2.05, 4.69) is 0 Å². The fourth-order valence-electron chi connectivity index (χ4n) is 3.30. The number of methoxy groups -OCH3 is 1. The van der Waals surface area contributed by atoms with Gasteiger partial charge in [-0.3, -0.25) is 9.59 Å². The third kappa shape index (κ3) is 2.96. The monoisotopic (exact) mass is 316 g/mol. The van der Waals surface area contributed by atoms with Gasteiger partial charge in [0.2, 0.25) is 0 Å². The number of ether oxygens (including phenoxy) is 3. The summed E-state index contributed by atoms with van der Waals surface area (Å²) in [5.41, 5.74) is 0.486. The molecule has 5 nitrogen and oxygen atoms in total. The number of hydrogen-bond donors (Lipinski definition) is 0. The van der Waals surface area contributed by atoms with E-state index in [-0.39, 0.29) is 18.2 Å². The average Bonchev–Trinajstić information content (AvgIpc) is 2.53. The molecule has 5 heteroatoms. The lowest BCUT2D eigenvalue weighted by molar-refractivity contribution is -0.146. The smallest absolute Gasteiger partial charge is 0.306 e. The molecular weight excluding hydrogens is 296 g/mol. The topological polar surface area (TPSA) is 61.8 Å². The van der Waals surface area contributed by atoms with Crippen molar-refractivity contribution in [3.63, 3.8) is 0 Å². The highest BCUT2D eigenvalue weighted by Crippen LogP contribution is 2.49. The van der Waals surface area contributed by atoms with Crippen molar-refractivity contribution in [1.29, 1.82) is 0 Å². The molecule has 0 bridgehead atoms. The molecule has 0 aromatic heterocycles. The van der Waals surface area contributed by atoms with E-state index in [9.17, 15) is 9.59 Å². The van der Waals surface area contributed by atoms with Gasteiger partial charge in [-0.2, -0.15) is 0 Å². The lowest BCUT2D eigenvalue weighted by Gasteiger charge is -2.41. The predicted octanol–water partition coefficient (Wildman–Crippen LogP) is 2.82. The lowest BCUT2D eigenvalue weighted by atomic mass is 9.69. The highest BCUT2D eigenvalue weighted by atomic mass is 16.5. The molecule has 0 saturated carbocycles. The van der Waals surface area contributed by atoms with Crippen LogP contribution < -0.4 is 9.47 Å². The number of ketones is 1. The molecule has 2 aliphatic rings. The highest BCUT2D eigenvalue weighted by molar-refractivity contribution is 5.92. The van der Waals surface area contributed by atoms with Gasteiger partial charge in [0.1, 0.15) is 17.3 Å². The van der Waals surface area contributed by atoms with Crippen molar-refractivity contribution in [2.75, 3.05) is 13.7 Å². The number of esters is 1. The molecule has 1 unspecified atom stereocenters. The van der Waals surface area contributed by atoms with Gasteiger partial charge in [-0.25, -0.2) is 0 Å². The Balaban J connectivity index is 1.98. The van der Waals surface area contributed by atoms with Gasteiger partial charge in [0, 0.05) is 17.9 Å². The Morgan fingerprint density at radius 3 is 2.96 bits per heavy atom. The molecule has 1 aromatic carbocycles. The Morgan fingerprint density at radius 1 is 1.39 bits per heavy atom. The number of rotatable bonds is 4. The van der Waals surface area contributed by atoms with Crippen molar-refractivity contribution in [2.45, 2.75) is 32.6 Å². The van der Waals surface area contributed by atoms with E-state index >= 15 is 0 Å². The number of hydrogen-bond acceptors (Lipinski definition) is 5. The molecule has 1 atom stereocenters. The van der Waals surface area contributed by atoms with Crippen molar-refractivity contribution in [1.82, 2.24) is 0 Å². The molecule has 1 aliphatic carbocycles. The van der Waals surface area contributed by atoms with Crippen LogP contribution in [0.5, 0.6) is 11.5 Å². The van der Waals surface area contributed by atoms with Gasteiger partial charge >= 0.3 is 5.97 Å². The molecule has 0 radical (unpaired) electrons. The molecule has 122 valence electrons. The second-order valence-electron chi connectivity index (χ2n) is 5.99. The minimum Gasteiger partial charge on any atom is -0.497 e. The Morgan fingerprint density at radius 2 is 2.22 bits per heavy atom. The first-order chi connectivity index (χ1) is 11.1. The summed E-state index contributed by atoms with van der Waals surface area (Å²) in [6.07, 6.45) is 3.41. The molecule has 1 aliphatic heterocycles. The molecule has 0 N–H and O–H groups in total. The van der Waals surface area contributed by atoms with E-state index < -0.39 is 5.41 Å². The molecule has 0 fully saturated rings. The summed E-state index contributed by atoms with van der Waals surface area (Å²) in [6.45, 7) is 2.13. The summed E-state index contributed by atoms with van der Waals surface area (Å²) in [5.74, 6) is 1.82. The standard InChI is InChI=1S/C18H20O5/c1-3-22-17(20)11-18-7-6-13(19)9-16(18)23-15-5-4-14(21-2)8-12(15)10-18/h4-5,8-9H,3,6-7,10-11H2,1-2H3. The maximum Gasteiger partial charge on any atom is 0.306 e. The van der Waals surface area contributed by atoms with Crippen LogP contribution in [0.4, 0.5) is 0 Å². The summed E-state index contributed by atoms with van der Waals surface area (Å²) >= 11 is 0. The number of allylic oxidation sites excluding steroid dienone is 2. The first-order valence-electron chi connectivity index (χ1n) is 7.82. The first-order valence-corrected chi connectivity index (χ1v) is 7.82. The van der Waals surface area contributed by atoms with E-state index in [1.807, 2.05) is 18.2 Å². The zero-order valence-corrected chi connectivity index (χ0v) is 13.4. The third-order valence-electron chi connectivity index (χ3n) is 4.47. The van der Waals surface area contributed by atoms with E-state index in [0.717, 1.165) is 11.3 Å². The maximum absolute atomic E-state index is 12.1. The van der Waals surface area contributed by atoms with Crippen LogP contribution in [-0.4, -0.2) is 25.5 Å². The zero-order chi connectivity index (χ0) is 16.4. The van der Waals surface area contributed by atoms with Crippen LogP contribution in [0.2, 0.25) is 0 Å². The van der Waals surface area contributed by atoms with Crippen LogP contribution in [0.25, 0.3) is 0 Å². The van der Waals surface area contributed by atoms with E-state index in [1.54, 1.807) is 14.0 Å². The van der Waals surface area contributed by atoms with Crippen molar-refractivity contribution in [3.05, 3.63) is 35.6 Å². The summed E-state index contributed by atoms with van der Waals surface area (Å²) in [4.78, 5) is 23.9. The SMILES string of the molecule is CCOC(=O)CC12CCC(=O)C=C1Oc1ccc(OC)cc1C2. The lowest BCUT2D eigenvalue weighted by Crippen LogP contribution is -2.38. The number of carbonyl (C=O) groups is 2. The van der Waals surface area contributed by atoms with Gasteiger partial charge in [-0.15, -0.1) is 0 Å². The van der Waals surface area contributed by atoms with Crippen LogP contribution in [0, 0.1) is 5.41 Å². The van der Waals surface area contributed by atoms with Crippen LogP contribution in [0.15, 0.2) is 30.0 Å². The second kappa shape index (κ2) is 6.07. The molecule has 0 saturated heterocycles. The summed E-state index contributed by atoms with van der Waals surface area (Å²) in [6, 6.07) is 5.58. The summed E-state index contributed by atoms with van der Waals surface area (Å²) in [7, 11) is 1.62. The fraction of sp³-hybridized carbons (Fsp3) is 0.444. The first kappa shape index (κ1) is 15.6. The Hall–Kier alpha value is -2.30. The molecule has 3 rings (SSSR count). The normalized spacial score (nSPS) is 22.3. The van der Waals surface area contributed by atoms with Crippen LogP contribution in [-0.2, 0) is 20.7 Å². The van der Waals surface area contributed by atoms with Crippen molar-refractivity contribution in [3.8, 4) is 11.5 Å². The van der Waals surface area contributed by atoms with E-state index in [4.69, 9.17) is 14.2 Å². The van der Waals surface area contributed by atoms with Crippen molar-refractivity contribution in [2.24, 2.45) is 5.41 Å². The van der Waals surface area contributed by atoms with Crippen molar-refractivity contribution < 1.29 is 23.8 Å². The van der Waals surface area contributed by atoms with Gasteiger partial charge in [-0.05, 0) is 43.5 Å². The minimum atomic E-state index is -0.500. The van der Waals surface area contributed by atoms with E-state index in [1.165, 1.54) is 6.08 Å². The van der Waals surface area contributed by atoms with Gasteiger partial charge < -0.3 is 14.2 Å². The number of fused-ring (bicyclic) bond motifs is 2. The summed E-state index contributed by atoms with van der Waals surface area (Å²) < 4.78 is 16.4. The van der Waals surface area contributed by atoms with Gasteiger partial charge in [0.05, 0.1) is 20.1 Å². The van der Waals surface area contributed by atoms with Crippen LogP contribution in [0.1, 0.15) is 31.7 Å². The summed E-state index contributed by atoms with van der Waals surface area (Å²) in [5, 5.41) is 0. The van der Waals surface area contributed by atoms with Crippen molar-refractivity contribution >= 4 is 11.8 Å².